The summed E-state index contributed by atoms with van der Waals surface area (Å²) in [6.07, 6.45) is 33.7. The number of esters is 4. The Kier molecular flexibility index (Phi) is 53.0. The Morgan fingerprint density at radius 1 is 0.337 bits per heavy atom. The third-order valence-corrected chi connectivity index (χ3v) is 17.2. The SMILES string of the molecule is CCC(C)CCCCCCCCCCCCC(=O)OC[C@H](COP(=O)(O)OCC(O)COP(=O)(O)OC[C@@H](COC(=O)CCCCCCCCCC(C)C)OC(=O)CCCCCCCCC(C)CC)OC(=O)CCCCCCCCC(C)C. The van der Waals surface area contributed by atoms with E-state index in [0.29, 0.717) is 37.5 Å². The molecule has 3 N–H and O–H groups in total. The number of phosphoric ester groups is 2. The summed E-state index contributed by atoms with van der Waals surface area (Å²) in [5.41, 5.74) is 0. The maximum atomic E-state index is 13.0. The lowest BCUT2D eigenvalue weighted by Gasteiger charge is -2.21. The number of aliphatic hydroxyl groups excluding tert-OH is 1. The van der Waals surface area contributed by atoms with Crippen molar-refractivity contribution in [1.82, 2.24) is 0 Å². The molecule has 0 aromatic carbocycles. The third-order valence-electron chi connectivity index (χ3n) is 15.3. The van der Waals surface area contributed by atoms with Crippen LogP contribution in [0.2, 0.25) is 0 Å². The smallest absolute Gasteiger partial charge is 0.462 e. The Balaban J connectivity index is 5.23. The molecule has 19 heteroatoms. The first-order valence-electron chi connectivity index (χ1n) is 33.3. The molecular formula is C64H124O17P2. The second-order valence-corrected chi connectivity index (χ2v) is 27.5. The highest BCUT2D eigenvalue weighted by Gasteiger charge is 2.30. The molecule has 0 heterocycles. The largest absolute Gasteiger partial charge is 0.472 e. The number of ether oxygens (including phenoxy) is 4. The summed E-state index contributed by atoms with van der Waals surface area (Å²) in [4.78, 5) is 72.2. The molecule has 0 fully saturated rings. The van der Waals surface area contributed by atoms with Crippen LogP contribution < -0.4 is 0 Å². The molecule has 83 heavy (non-hydrogen) atoms. The lowest BCUT2D eigenvalue weighted by atomic mass is 9.99. The second kappa shape index (κ2) is 54.2. The average molecular weight is 1230 g/mol. The summed E-state index contributed by atoms with van der Waals surface area (Å²) in [6.45, 7) is 13.9. The van der Waals surface area contributed by atoms with Crippen molar-refractivity contribution in [3.05, 3.63) is 0 Å². The first kappa shape index (κ1) is 81.1. The van der Waals surface area contributed by atoms with Crippen LogP contribution >= 0.6 is 15.6 Å². The van der Waals surface area contributed by atoms with Crippen molar-refractivity contribution < 1.29 is 80.2 Å². The Morgan fingerprint density at radius 2 is 0.578 bits per heavy atom. The molecule has 17 nitrogen and oxygen atoms in total. The number of carbonyl (C=O) groups excluding carboxylic acids is 4. The molecule has 7 atom stereocenters. The van der Waals surface area contributed by atoms with Gasteiger partial charge in [0.1, 0.15) is 19.3 Å². The standard InChI is InChI=1S/C64H124O17P2/c1-9-56(7)42-34-26-17-13-11-12-14-18-28-36-44-61(66)74-50-59(80-63(68)46-38-30-22-20-25-33-41-55(5)6)52-78-82(70,71)76-48-58(65)49-77-83(72,73)79-53-60(81-64(69)47-39-31-23-21-27-35-43-57(8)10-2)51-75-62(67)45-37-29-19-15-16-24-32-40-54(3)4/h54-60,65H,9-53H2,1-8H3,(H,70,71)(H,72,73)/t56?,57?,58?,59-,60-/m1/s1. The molecule has 0 aliphatic rings. The molecular weight excluding hydrogens is 1100 g/mol. The van der Waals surface area contributed by atoms with Gasteiger partial charge in [0, 0.05) is 25.7 Å². The lowest BCUT2D eigenvalue weighted by Crippen LogP contribution is -2.30. The molecule has 0 amide bonds. The normalized spacial score (nSPS) is 15.1. The van der Waals surface area contributed by atoms with Gasteiger partial charge in [0.15, 0.2) is 12.2 Å². The molecule has 0 aromatic heterocycles. The quantitative estimate of drug-likeness (QED) is 0.0222. The van der Waals surface area contributed by atoms with Crippen LogP contribution in [-0.4, -0.2) is 96.7 Å². The van der Waals surface area contributed by atoms with Crippen LogP contribution in [0.25, 0.3) is 0 Å². The molecule has 0 radical (unpaired) electrons. The summed E-state index contributed by atoms with van der Waals surface area (Å²) in [7, 11) is -9.89. The number of aliphatic hydroxyl groups is 1. The molecule has 0 spiro atoms. The van der Waals surface area contributed by atoms with Crippen molar-refractivity contribution in [2.24, 2.45) is 23.7 Å². The van der Waals surface area contributed by atoms with E-state index in [1.165, 1.54) is 103 Å². The van der Waals surface area contributed by atoms with Gasteiger partial charge in [0.2, 0.25) is 0 Å². The molecule has 0 aliphatic carbocycles. The van der Waals surface area contributed by atoms with E-state index in [-0.39, 0.29) is 25.7 Å². The van der Waals surface area contributed by atoms with Crippen molar-refractivity contribution in [2.75, 3.05) is 39.6 Å². The Hall–Kier alpha value is -1.94. The first-order chi connectivity index (χ1) is 39.7. The Bertz CT molecular complexity index is 1670. The van der Waals surface area contributed by atoms with Gasteiger partial charge in [0.25, 0.3) is 0 Å². The fraction of sp³-hybridized carbons (Fsp3) is 0.938. The minimum absolute atomic E-state index is 0.101. The van der Waals surface area contributed by atoms with Gasteiger partial charge in [-0.05, 0) is 49.4 Å². The minimum atomic E-state index is -4.94. The van der Waals surface area contributed by atoms with E-state index >= 15 is 0 Å². The number of hydrogen-bond donors (Lipinski definition) is 3. The van der Waals surface area contributed by atoms with Crippen LogP contribution in [0.3, 0.4) is 0 Å². The van der Waals surface area contributed by atoms with Crippen LogP contribution in [-0.2, 0) is 65.4 Å². The average Bonchev–Trinajstić information content (AvgIpc) is 3.44. The third kappa shape index (κ3) is 56.3. The molecule has 0 saturated carbocycles. The molecule has 5 unspecified atom stereocenters. The van der Waals surface area contributed by atoms with Gasteiger partial charge in [-0.2, -0.15) is 0 Å². The zero-order valence-corrected chi connectivity index (χ0v) is 55.6. The number of hydrogen-bond acceptors (Lipinski definition) is 15. The van der Waals surface area contributed by atoms with E-state index in [0.717, 1.165) is 108 Å². The van der Waals surface area contributed by atoms with Gasteiger partial charge >= 0.3 is 39.5 Å². The highest BCUT2D eigenvalue weighted by molar-refractivity contribution is 7.47. The van der Waals surface area contributed by atoms with Gasteiger partial charge in [-0.15, -0.1) is 0 Å². The minimum Gasteiger partial charge on any atom is -0.462 e. The summed E-state index contributed by atoms with van der Waals surface area (Å²) in [5.74, 6) is 0.759. The van der Waals surface area contributed by atoms with Gasteiger partial charge in [-0.1, -0.05) is 254 Å². The van der Waals surface area contributed by atoms with E-state index in [1.807, 2.05) is 0 Å². The molecule has 492 valence electrons. The van der Waals surface area contributed by atoms with Crippen molar-refractivity contribution in [1.29, 1.82) is 0 Å². The monoisotopic (exact) mass is 1230 g/mol. The summed E-state index contributed by atoms with van der Waals surface area (Å²) >= 11 is 0. The van der Waals surface area contributed by atoms with E-state index in [9.17, 15) is 43.2 Å². The maximum Gasteiger partial charge on any atom is 0.472 e. The summed E-state index contributed by atoms with van der Waals surface area (Å²) in [5, 5.41) is 10.5. The molecule has 0 bridgehead atoms. The predicted molar refractivity (Wildman–Crippen MR) is 331 cm³/mol. The number of carbonyl (C=O) groups is 4. The molecule has 0 aromatic rings. The molecule has 0 saturated heterocycles. The van der Waals surface area contributed by atoms with Crippen LogP contribution in [0.15, 0.2) is 0 Å². The van der Waals surface area contributed by atoms with E-state index in [4.69, 9.17) is 37.0 Å². The van der Waals surface area contributed by atoms with Crippen LogP contribution in [0, 0.1) is 23.7 Å². The first-order valence-corrected chi connectivity index (χ1v) is 36.3. The van der Waals surface area contributed by atoms with Gasteiger partial charge < -0.3 is 33.8 Å². The number of unbranched alkanes of at least 4 members (excludes halogenated alkanes) is 25. The van der Waals surface area contributed by atoms with Crippen LogP contribution in [0.4, 0.5) is 0 Å². The Labute approximate surface area is 505 Å². The van der Waals surface area contributed by atoms with E-state index < -0.39 is 97.5 Å². The summed E-state index contributed by atoms with van der Waals surface area (Å²) in [6, 6.07) is 0. The Morgan fingerprint density at radius 3 is 0.855 bits per heavy atom. The number of rotatable bonds is 61. The zero-order chi connectivity index (χ0) is 61.8. The molecule has 0 rings (SSSR count). The van der Waals surface area contributed by atoms with Gasteiger partial charge in [-0.25, -0.2) is 9.13 Å². The fourth-order valence-corrected chi connectivity index (χ4v) is 10.9. The van der Waals surface area contributed by atoms with Crippen molar-refractivity contribution >= 4 is 39.5 Å². The maximum absolute atomic E-state index is 13.0. The zero-order valence-electron chi connectivity index (χ0n) is 53.8. The van der Waals surface area contributed by atoms with Crippen molar-refractivity contribution in [3.63, 3.8) is 0 Å². The fourth-order valence-electron chi connectivity index (χ4n) is 9.36. The number of phosphoric acid groups is 2. The topological polar surface area (TPSA) is 237 Å². The predicted octanol–water partition coefficient (Wildman–Crippen LogP) is 17.4. The summed E-state index contributed by atoms with van der Waals surface area (Å²) < 4.78 is 67.9. The van der Waals surface area contributed by atoms with Gasteiger partial charge in [-0.3, -0.25) is 37.3 Å². The highest BCUT2D eigenvalue weighted by Crippen LogP contribution is 2.45. The highest BCUT2D eigenvalue weighted by atomic mass is 31.2. The van der Waals surface area contributed by atoms with Crippen molar-refractivity contribution in [2.45, 2.75) is 324 Å². The van der Waals surface area contributed by atoms with Crippen LogP contribution in [0.1, 0.15) is 306 Å². The molecule has 0 aliphatic heterocycles. The van der Waals surface area contributed by atoms with E-state index in [1.54, 1.807) is 0 Å². The van der Waals surface area contributed by atoms with E-state index in [2.05, 4.69) is 55.4 Å². The lowest BCUT2D eigenvalue weighted by molar-refractivity contribution is -0.161. The van der Waals surface area contributed by atoms with Crippen molar-refractivity contribution in [3.8, 4) is 0 Å². The second-order valence-electron chi connectivity index (χ2n) is 24.6. The van der Waals surface area contributed by atoms with Crippen LogP contribution in [0.5, 0.6) is 0 Å². The van der Waals surface area contributed by atoms with Gasteiger partial charge in [0.05, 0.1) is 26.4 Å².